The van der Waals surface area contributed by atoms with Crippen molar-refractivity contribution in [2.24, 2.45) is 0 Å². The van der Waals surface area contributed by atoms with Gasteiger partial charge in [0.15, 0.2) is 0 Å². The van der Waals surface area contributed by atoms with E-state index in [1.54, 1.807) is 18.2 Å². The highest BCUT2D eigenvalue weighted by molar-refractivity contribution is 6.05. The molecule has 2 aliphatic heterocycles. The number of carbonyl (C=O) groups excluding carboxylic acids is 3. The Morgan fingerprint density at radius 2 is 1.93 bits per heavy atom. The summed E-state index contributed by atoms with van der Waals surface area (Å²) in [6.07, 6.45) is 0.884. The first kappa shape index (κ1) is 25.5. The van der Waals surface area contributed by atoms with E-state index in [1.807, 2.05) is 6.92 Å². The second-order valence-corrected chi connectivity index (χ2v) is 11.0. The number of fused-ring (bicyclic) bond motifs is 1. The zero-order valence-corrected chi connectivity index (χ0v) is 22.1. The van der Waals surface area contributed by atoms with Crippen LogP contribution in [0.2, 0.25) is 0 Å². The molecule has 3 fully saturated rings. The molecule has 1 unspecified atom stereocenters. The fraction of sp³-hybridized carbons (Fsp3) is 0.429. The number of nitrogens with one attached hydrogen (secondary N) is 2. The largest absolute Gasteiger partial charge is 0.474 e. The van der Waals surface area contributed by atoms with E-state index in [0.717, 1.165) is 12.8 Å². The first-order valence-corrected chi connectivity index (χ1v) is 13.6. The Hall–Kier alpha value is -4.42. The highest BCUT2D eigenvalue weighted by atomic mass is 19.3. The van der Waals surface area contributed by atoms with Crippen molar-refractivity contribution < 1.29 is 32.3 Å². The van der Waals surface area contributed by atoms with Crippen LogP contribution in [0.25, 0.3) is 11.5 Å². The number of amides is 3. The van der Waals surface area contributed by atoms with Gasteiger partial charge in [0.25, 0.3) is 18.2 Å². The summed E-state index contributed by atoms with van der Waals surface area (Å²) in [6.45, 7) is 1.70. The smallest absolute Gasteiger partial charge is 0.316 e. The van der Waals surface area contributed by atoms with Crippen molar-refractivity contribution in [1.29, 1.82) is 0 Å². The number of imide groups is 1. The molecule has 1 aromatic carbocycles. The Bertz CT molecular complexity index is 1600. The van der Waals surface area contributed by atoms with Crippen LogP contribution >= 0.6 is 0 Å². The third-order valence-electron chi connectivity index (χ3n) is 8.10. The van der Waals surface area contributed by atoms with Crippen molar-refractivity contribution in [3.05, 3.63) is 52.2 Å². The number of carbonyl (C=O) groups is 3. The summed E-state index contributed by atoms with van der Waals surface area (Å²) in [6, 6.07) is 5.81. The van der Waals surface area contributed by atoms with Crippen LogP contribution in [0.5, 0.6) is 5.88 Å². The molecule has 0 bridgehead atoms. The number of hydrogen-bond donors (Lipinski definition) is 2. The lowest BCUT2D eigenvalue weighted by molar-refractivity contribution is -0.136. The summed E-state index contributed by atoms with van der Waals surface area (Å²) in [5, 5.41) is 13.7. The highest BCUT2D eigenvalue weighted by Gasteiger charge is 2.48. The number of halogens is 2. The van der Waals surface area contributed by atoms with Crippen molar-refractivity contribution >= 4 is 23.7 Å². The molecule has 41 heavy (non-hydrogen) atoms. The molecule has 2 N–H and O–H groups in total. The van der Waals surface area contributed by atoms with E-state index in [4.69, 9.17) is 9.15 Å². The van der Waals surface area contributed by atoms with E-state index in [2.05, 4.69) is 25.8 Å². The van der Waals surface area contributed by atoms with Crippen LogP contribution in [-0.2, 0) is 21.7 Å². The van der Waals surface area contributed by atoms with Gasteiger partial charge in [0.1, 0.15) is 12.1 Å². The van der Waals surface area contributed by atoms with Crippen LogP contribution in [0.4, 0.5) is 14.8 Å². The van der Waals surface area contributed by atoms with Crippen LogP contribution in [0.3, 0.4) is 0 Å². The Kier molecular flexibility index (Phi) is 5.80. The van der Waals surface area contributed by atoms with Gasteiger partial charge in [-0.3, -0.25) is 19.7 Å². The number of anilines is 1. The first-order valence-electron chi connectivity index (χ1n) is 13.6. The molecule has 7 rings (SSSR count). The van der Waals surface area contributed by atoms with Crippen LogP contribution in [0.1, 0.15) is 77.7 Å². The molecule has 2 saturated carbocycles. The first-order chi connectivity index (χ1) is 19.7. The number of piperidine rings is 1. The molecule has 2 aromatic heterocycles. The van der Waals surface area contributed by atoms with E-state index >= 15 is 0 Å². The summed E-state index contributed by atoms with van der Waals surface area (Å²) in [5.41, 5.74) is 1.14. The van der Waals surface area contributed by atoms with Gasteiger partial charge in [-0.1, -0.05) is 5.10 Å². The quantitative estimate of drug-likeness (QED) is 0.391. The second-order valence-electron chi connectivity index (χ2n) is 11.0. The lowest BCUT2D eigenvalue weighted by atomic mass is 9.94. The van der Waals surface area contributed by atoms with Gasteiger partial charge < -0.3 is 19.4 Å². The SMILES string of the molecule is Cc1nc(OC2CC2)ccc1-c1nnc(NC2(c3cc4c(c(C(F)F)c3)CN(C3CCC(=O)NC3=O)C4=O)CC2)o1. The maximum Gasteiger partial charge on any atom is 0.316 e. The minimum atomic E-state index is -2.83. The monoisotopic (exact) mass is 564 g/mol. The lowest BCUT2D eigenvalue weighted by Crippen LogP contribution is -2.52. The Morgan fingerprint density at radius 3 is 2.61 bits per heavy atom. The number of ether oxygens (including phenoxy) is 1. The van der Waals surface area contributed by atoms with Gasteiger partial charge in [-0.15, -0.1) is 5.10 Å². The summed E-state index contributed by atoms with van der Waals surface area (Å²) < 4.78 is 40.1. The van der Waals surface area contributed by atoms with Gasteiger partial charge >= 0.3 is 6.01 Å². The van der Waals surface area contributed by atoms with Crippen molar-refractivity contribution in [3.63, 3.8) is 0 Å². The zero-order valence-electron chi connectivity index (χ0n) is 22.1. The van der Waals surface area contributed by atoms with Crippen LogP contribution in [0.15, 0.2) is 28.7 Å². The van der Waals surface area contributed by atoms with E-state index in [1.165, 1.54) is 11.0 Å². The average Bonchev–Trinajstić information content (AvgIpc) is 3.84. The van der Waals surface area contributed by atoms with E-state index in [-0.39, 0.29) is 54.1 Å². The number of nitrogens with zero attached hydrogens (tertiary/aromatic N) is 4. The number of hydrogen-bond acceptors (Lipinski definition) is 9. The lowest BCUT2D eigenvalue weighted by Gasteiger charge is -2.29. The molecule has 0 spiro atoms. The molecule has 0 radical (unpaired) electrons. The summed E-state index contributed by atoms with van der Waals surface area (Å²) in [4.78, 5) is 43.1. The molecule has 4 heterocycles. The summed E-state index contributed by atoms with van der Waals surface area (Å²) in [7, 11) is 0. The highest BCUT2D eigenvalue weighted by Crippen LogP contribution is 2.50. The van der Waals surface area contributed by atoms with Gasteiger partial charge in [0.2, 0.25) is 17.7 Å². The Morgan fingerprint density at radius 1 is 1.12 bits per heavy atom. The van der Waals surface area contributed by atoms with Gasteiger partial charge in [0.05, 0.1) is 16.8 Å². The fourth-order valence-corrected chi connectivity index (χ4v) is 5.55. The number of rotatable bonds is 8. The van der Waals surface area contributed by atoms with Crippen molar-refractivity contribution in [1.82, 2.24) is 25.4 Å². The minimum Gasteiger partial charge on any atom is -0.474 e. The second kappa shape index (κ2) is 9.32. The molecule has 3 aromatic rings. The molecule has 1 saturated heterocycles. The predicted molar refractivity (Wildman–Crippen MR) is 138 cm³/mol. The normalized spacial score (nSPS) is 21.2. The maximum atomic E-state index is 14.3. The topological polar surface area (TPSA) is 140 Å². The van der Waals surface area contributed by atoms with Crippen molar-refractivity contribution in [2.45, 2.75) is 76.1 Å². The molecule has 4 aliphatic rings. The van der Waals surface area contributed by atoms with E-state index < -0.39 is 35.7 Å². The molecular formula is C28H26F2N6O5. The molecule has 3 amide bonds. The number of pyridine rings is 1. The number of aryl methyl sites for hydroxylation is 1. The number of alkyl halides is 2. The van der Waals surface area contributed by atoms with E-state index in [9.17, 15) is 23.2 Å². The number of aromatic nitrogens is 3. The summed E-state index contributed by atoms with van der Waals surface area (Å²) in [5.74, 6) is -0.720. The molecule has 11 nitrogen and oxygen atoms in total. The van der Waals surface area contributed by atoms with E-state index in [0.29, 0.717) is 35.5 Å². The maximum absolute atomic E-state index is 14.3. The molecule has 13 heteroatoms. The molecule has 212 valence electrons. The standard InChI is InChI=1S/C28H26F2N6O5/c1-13-16(4-7-22(31-13)40-15-2-3-15)25-34-35-27(41-25)33-28(8-9-28)14-10-17(23(29)30)19-12-36(26(39)18(19)11-14)20-5-6-21(37)32-24(20)38/h4,7,10-11,15,20,23H,2-3,5-6,8-9,12H2,1H3,(H,33,35)(H,32,37,38). The Balaban J connectivity index is 1.14. The van der Waals surface area contributed by atoms with Gasteiger partial charge in [-0.25, -0.2) is 13.8 Å². The minimum absolute atomic E-state index is 0.0800. The van der Waals surface area contributed by atoms with Crippen LogP contribution in [0, 0.1) is 6.92 Å². The predicted octanol–water partition coefficient (Wildman–Crippen LogP) is 3.78. The number of benzene rings is 1. The van der Waals surface area contributed by atoms with Gasteiger partial charge in [-0.2, -0.15) is 0 Å². The van der Waals surface area contributed by atoms with Crippen molar-refractivity contribution in [2.75, 3.05) is 5.32 Å². The molecular weight excluding hydrogens is 538 g/mol. The average molecular weight is 565 g/mol. The third kappa shape index (κ3) is 4.58. The fourth-order valence-electron chi connectivity index (χ4n) is 5.55. The molecule has 1 atom stereocenters. The molecule has 2 aliphatic carbocycles. The summed E-state index contributed by atoms with van der Waals surface area (Å²) >= 11 is 0. The zero-order chi connectivity index (χ0) is 28.5. The van der Waals surface area contributed by atoms with Gasteiger partial charge in [-0.05, 0) is 68.4 Å². The van der Waals surface area contributed by atoms with Crippen molar-refractivity contribution in [3.8, 4) is 17.3 Å². The van der Waals surface area contributed by atoms with Crippen LogP contribution in [-0.4, -0.2) is 49.9 Å². The van der Waals surface area contributed by atoms with Crippen LogP contribution < -0.4 is 15.4 Å². The Labute approximate surface area is 232 Å². The van der Waals surface area contributed by atoms with Gasteiger partial charge in [0, 0.05) is 30.2 Å². The third-order valence-corrected chi connectivity index (χ3v) is 8.10.